The molecule has 1 unspecified atom stereocenters. The molecule has 2 N–H and O–H groups in total. The molecule has 1 aliphatic carbocycles. The van der Waals surface area contributed by atoms with Gasteiger partial charge in [0.2, 0.25) is 5.88 Å². The maximum atomic E-state index is 12.7. The van der Waals surface area contributed by atoms with Crippen LogP contribution in [0.4, 0.5) is 0 Å². The van der Waals surface area contributed by atoms with Gasteiger partial charge in [0.1, 0.15) is 17.4 Å². The van der Waals surface area contributed by atoms with E-state index in [-0.39, 0.29) is 22.7 Å². The molecule has 1 aliphatic heterocycles. The lowest BCUT2D eigenvalue weighted by molar-refractivity contribution is -0.119. The molecule has 6 nitrogen and oxygen atoms in total. The summed E-state index contributed by atoms with van der Waals surface area (Å²) in [5.74, 6) is 0.185. The summed E-state index contributed by atoms with van der Waals surface area (Å²) in [6.07, 6.45) is 2.71. The Morgan fingerprint density at radius 1 is 1.50 bits per heavy atom. The van der Waals surface area contributed by atoms with E-state index < -0.39 is 5.92 Å². The van der Waals surface area contributed by atoms with Gasteiger partial charge in [-0.3, -0.25) is 9.48 Å². The second-order valence-electron chi connectivity index (χ2n) is 6.58. The molecule has 0 fully saturated rings. The Kier molecular flexibility index (Phi) is 3.10. The lowest BCUT2D eigenvalue weighted by atomic mass is 9.71. The first-order chi connectivity index (χ1) is 10.3. The van der Waals surface area contributed by atoms with Crippen LogP contribution in [-0.4, -0.2) is 15.6 Å². The van der Waals surface area contributed by atoms with E-state index in [9.17, 15) is 10.1 Å². The normalized spacial score (nSPS) is 23.9. The number of allylic oxidation sites excluding steroid dienone is 3. The van der Waals surface area contributed by atoms with Gasteiger partial charge in [-0.05, 0) is 11.5 Å². The van der Waals surface area contributed by atoms with Gasteiger partial charge >= 0.3 is 0 Å². The van der Waals surface area contributed by atoms with Crippen molar-refractivity contribution in [1.29, 1.82) is 5.26 Å². The van der Waals surface area contributed by atoms with Crippen molar-refractivity contribution in [2.75, 3.05) is 0 Å². The molecule has 1 atom stereocenters. The van der Waals surface area contributed by atoms with Crippen molar-refractivity contribution in [3.8, 4) is 6.07 Å². The number of carbonyl (C=O) groups is 1. The smallest absolute Gasteiger partial charge is 0.205 e. The second-order valence-corrected chi connectivity index (χ2v) is 6.58. The summed E-state index contributed by atoms with van der Waals surface area (Å²) in [4.78, 5) is 12.7. The Bertz CT molecular complexity index is 761. The third kappa shape index (κ3) is 2.10. The monoisotopic (exact) mass is 298 g/mol. The second kappa shape index (κ2) is 4.73. The van der Waals surface area contributed by atoms with E-state index in [1.54, 1.807) is 24.0 Å². The zero-order valence-corrected chi connectivity index (χ0v) is 12.9. The first-order valence-corrected chi connectivity index (χ1v) is 7.16. The molecule has 22 heavy (non-hydrogen) atoms. The minimum atomic E-state index is -0.496. The van der Waals surface area contributed by atoms with Crippen LogP contribution in [0.25, 0.3) is 0 Å². The van der Waals surface area contributed by atoms with E-state index in [2.05, 4.69) is 11.2 Å². The zero-order chi connectivity index (χ0) is 16.1. The Morgan fingerprint density at radius 2 is 2.23 bits per heavy atom. The molecule has 0 amide bonds. The van der Waals surface area contributed by atoms with Crippen molar-refractivity contribution < 1.29 is 9.53 Å². The number of nitriles is 1. The maximum Gasteiger partial charge on any atom is 0.205 e. The first kappa shape index (κ1) is 14.4. The molecule has 2 heterocycles. The van der Waals surface area contributed by atoms with Gasteiger partial charge in [0.15, 0.2) is 5.78 Å². The van der Waals surface area contributed by atoms with Crippen molar-refractivity contribution in [2.45, 2.75) is 32.6 Å². The van der Waals surface area contributed by atoms with Gasteiger partial charge in [-0.1, -0.05) is 13.8 Å². The maximum absolute atomic E-state index is 12.7. The number of ether oxygens (including phenoxy) is 1. The largest absolute Gasteiger partial charge is 0.444 e. The van der Waals surface area contributed by atoms with Crippen LogP contribution in [-0.2, 0) is 16.6 Å². The zero-order valence-electron chi connectivity index (χ0n) is 12.9. The fraction of sp³-hybridized carbons (Fsp3) is 0.438. The summed E-state index contributed by atoms with van der Waals surface area (Å²) >= 11 is 0. The fourth-order valence-electron chi connectivity index (χ4n) is 3.25. The van der Waals surface area contributed by atoms with E-state index >= 15 is 0 Å². The SMILES string of the molecule is Cn1nccc1C1C(C#N)=C(N)OC2=C1C(=O)CC(C)(C)C2. The number of hydrogen-bond donors (Lipinski definition) is 1. The standard InChI is InChI=1S/C16H18N4O2/c1-16(2)6-11(21)14-12(7-16)22-15(18)9(8-17)13(14)10-4-5-19-20(10)3/h4-5,13H,6-7,18H2,1-3H3. The highest BCUT2D eigenvalue weighted by Crippen LogP contribution is 2.47. The molecule has 2 aliphatic rings. The summed E-state index contributed by atoms with van der Waals surface area (Å²) in [7, 11) is 1.79. The molecule has 0 aromatic carbocycles. The number of aryl methyl sites for hydroxylation is 1. The van der Waals surface area contributed by atoms with Crippen LogP contribution in [0.15, 0.2) is 35.1 Å². The van der Waals surface area contributed by atoms with Crippen LogP contribution in [0.1, 0.15) is 38.3 Å². The molecule has 6 heteroatoms. The summed E-state index contributed by atoms with van der Waals surface area (Å²) < 4.78 is 7.30. The average Bonchev–Trinajstić information content (AvgIpc) is 2.81. The molecule has 1 aromatic rings. The highest BCUT2D eigenvalue weighted by Gasteiger charge is 2.43. The molecule has 0 saturated heterocycles. The number of Topliss-reactive ketones (excluding diaryl/α,β-unsaturated/α-hetero) is 1. The third-order valence-corrected chi connectivity index (χ3v) is 4.23. The van der Waals surface area contributed by atoms with Gasteiger partial charge in [0.25, 0.3) is 0 Å². The molecule has 0 saturated carbocycles. The summed E-state index contributed by atoms with van der Waals surface area (Å²) in [6.45, 7) is 4.05. The Labute approximate surface area is 128 Å². The van der Waals surface area contributed by atoms with Crippen molar-refractivity contribution >= 4 is 5.78 Å². The number of hydrogen-bond acceptors (Lipinski definition) is 5. The average molecular weight is 298 g/mol. The van der Waals surface area contributed by atoms with Crippen LogP contribution >= 0.6 is 0 Å². The van der Waals surface area contributed by atoms with Gasteiger partial charge in [-0.25, -0.2) is 0 Å². The van der Waals surface area contributed by atoms with Gasteiger partial charge in [0, 0.05) is 31.7 Å². The number of ketones is 1. The third-order valence-electron chi connectivity index (χ3n) is 4.23. The van der Waals surface area contributed by atoms with Crippen molar-refractivity contribution in [3.05, 3.63) is 40.7 Å². The van der Waals surface area contributed by atoms with E-state index in [1.807, 2.05) is 13.8 Å². The molecule has 0 bridgehead atoms. The Hall–Kier alpha value is -2.55. The molecular weight excluding hydrogens is 280 g/mol. The topological polar surface area (TPSA) is 93.9 Å². The minimum Gasteiger partial charge on any atom is -0.444 e. The number of nitrogens with zero attached hydrogens (tertiary/aromatic N) is 3. The van der Waals surface area contributed by atoms with Crippen molar-refractivity contribution in [3.63, 3.8) is 0 Å². The van der Waals surface area contributed by atoms with Gasteiger partial charge in [0.05, 0.1) is 11.6 Å². The highest BCUT2D eigenvalue weighted by atomic mass is 16.5. The molecule has 1 aromatic heterocycles. The van der Waals surface area contributed by atoms with E-state index in [4.69, 9.17) is 10.5 Å². The lowest BCUT2D eigenvalue weighted by Gasteiger charge is -2.37. The predicted molar refractivity (Wildman–Crippen MR) is 78.9 cm³/mol. The molecular formula is C16H18N4O2. The van der Waals surface area contributed by atoms with E-state index in [0.717, 1.165) is 5.69 Å². The van der Waals surface area contributed by atoms with Crippen LogP contribution in [0.2, 0.25) is 0 Å². The number of carbonyl (C=O) groups excluding carboxylic acids is 1. The van der Waals surface area contributed by atoms with Crippen LogP contribution < -0.4 is 5.73 Å². The van der Waals surface area contributed by atoms with Crippen LogP contribution in [0.5, 0.6) is 0 Å². The fourth-order valence-corrected chi connectivity index (χ4v) is 3.25. The lowest BCUT2D eigenvalue weighted by Crippen LogP contribution is -2.34. The Morgan fingerprint density at radius 3 is 2.82 bits per heavy atom. The molecule has 0 spiro atoms. The summed E-state index contributed by atoms with van der Waals surface area (Å²) in [5, 5.41) is 13.6. The van der Waals surface area contributed by atoms with Crippen molar-refractivity contribution in [1.82, 2.24) is 9.78 Å². The highest BCUT2D eigenvalue weighted by molar-refractivity contribution is 5.99. The minimum absolute atomic E-state index is 0.0118. The summed E-state index contributed by atoms with van der Waals surface area (Å²) in [5.41, 5.74) is 7.36. The summed E-state index contributed by atoms with van der Waals surface area (Å²) in [6, 6.07) is 3.90. The van der Waals surface area contributed by atoms with Crippen LogP contribution in [0.3, 0.4) is 0 Å². The number of rotatable bonds is 1. The molecule has 114 valence electrons. The predicted octanol–water partition coefficient (Wildman–Crippen LogP) is 1.87. The first-order valence-electron chi connectivity index (χ1n) is 7.16. The quantitative estimate of drug-likeness (QED) is 0.854. The molecule has 3 rings (SSSR count). The Balaban J connectivity index is 2.20. The molecule has 0 radical (unpaired) electrons. The van der Waals surface area contributed by atoms with Gasteiger partial charge in [-0.15, -0.1) is 0 Å². The number of aromatic nitrogens is 2. The van der Waals surface area contributed by atoms with Crippen LogP contribution in [0, 0.1) is 16.7 Å². The van der Waals surface area contributed by atoms with Gasteiger partial charge < -0.3 is 10.5 Å². The number of nitrogens with two attached hydrogens (primary N) is 1. The van der Waals surface area contributed by atoms with Crippen molar-refractivity contribution in [2.24, 2.45) is 18.2 Å². The van der Waals surface area contributed by atoms with Gasteiger partial charge in [-0.2, -0.15) is 10.4 Å². The van der Waals surface area contributed by atoms with E-state index in [0.29, 0.717) is 24.2 Å². The van der Waals surface area contributed by atoms with E-state index in [1.165, 1.54) is 0 Å².